The summed E-state index contributed by atoms with van der Waals surface area (Å²) < 4.78 is 14.2. The van der Waals surface area contributed by atoms with Gasteiger partial charge in [0.05, 0.1) is 5.52 Å². The zero-order valence-electron chi connectivity index (χ0n) is 9.09. The zero-order chi connectivity index (χ0) is 11.0. The summed E-state index contributed by atoms with van der Waals surface area (Å²) in [5, 5.41) is 4.27. The van der Waals surface area contributed by atoms with E-state index in [2.05, 4.69) is 10.3 Å². The standard InChI is InChI=1S/C13H15FN2/c14-12-11(10-2-1-6-15-8-10)4-3-9-5-7-16-13(9)12/h3-5,7,10,15-16H,1-2,6,8H2. The predicted molar refractivity (Wildman–Crippen MR) is 63.1 cm³/mol. The first-order chi connectivity index (χ1) is 7.86. The molecule has 2 heterocycles. The van der Waals surface area contributed by atoms with Gasteiger partial charge in [-0.05, 0) is 36.9 Å². The first-order valence-corrected chi connectivity index (χ1v) is 5.82. The number of rotatable bonds is 1. The van der Waals surface area contributed by atoms with Gasteiger partial charge in [-0.2, -0.15) is 0 Å². The third kappa shape index (κ3) is 1.52. The van der Waals surface area contributed by atoms with E-state index >= 15 is 0 Å². The second kappa shape index (κ2) is 3.91. The van der Waals surface area contributed by atoms with Crippen LogP contribution >= 0.6 is 0 Å². The molecule has 3 rings (SSSR count). The Morgan fingerprint density at radius 3 is 3.00 bits per heavy atom. The molecule has 3 heteroatoms. The van der Waals surface area contributed by atoms with Crippen LogP contribution < -0.4 is 5.32 Å². The van der Waals surface area contributed by atoms with Crippen LogP contribution in [-0.4, -0.2) is 18.1 Å². The molecule has 1 aromatic heterocycles. The third-order valence-corrected chi connectivity index (χ3v) is 3.43. The Labute approximate surface area is 93.9 Å². The molecule has 84 valence electrons. The highest BCUT2D eigenvalue weighted by Crippen LogP contribution is 2.29. The number of piperidine rings is 1. The number of hydrogen-bond donors (Lipinski definition) is 2. The molecule has 16 heavy (non-hydrogen) atoms. The highest BCUT2D eigenvalue weighted by molar-refractivity contribution is 5.80. The summed E-state index contributed by atoms with van der Waals surface area (Å²) in [5.41, 5.74) is 1.49. The fourth-order valence-electron chi connectivity index (χ4n) is 2.54. The molecule has 0 spiro atoms. The Hall–Kier alpha value is -1.35. The van der Waals surface area contributed by atoms with Gasteiger partial charge < -0.3 is 10.3 Å². The smallest absolute Gasteiger partial charge is 0.150 e. The van der Waals surface area contributed by atoms with Crippen molar-refractivity contribution in [3.63, 3.8) is 0 Å². The Morgan fingerprint density at radius 1 is 1.25 bits per heavy atom. The van der Waals surface area contributed by atoms with Crippen molar-refractivity contribution >= 4 is 10.9 Å². The van der Waals surface area contributed by atoms with E-state index in [0.29, 0.717) is 11.4 Å². The quantitative estimate of drug-likeness (QED) is 0.756. The lowest BCUT2D eigenvalue weighted by Crippen LogP contribution is -2.28. The number of fused-ring (bicyclic) bond motifs is 1. The summed E-state index contributed by atoms with van der Waals surface area (Å²) in [7, 11) is 0. The molecule has 1 fully saturated rings. The molecule has 2 nitrogen and oxygen atoms in total. The lowest BCUT2D eigenvalue weighted by Gasteiger charge is -2.23. The van der Waals surface area contributed by atoms with Crippen molar-refractivity contribution in [3.8, 4) is 0 Å². The second-order valence-corrected chi connectivity index (χ2v) is 4.45. The minimum absolute atomic E-state index is 0.0730. The van der Waals surface area contributed by atoms with Crippen molar-refractivity contribution in [2.24, 2.45) is 0 Å². The number of aromatic amines is 1. The van der Waals surface area contributed by atoms with Crippen molar-refractivity contribution in [2.45, 2.75) is 18.8 Å². The molecule has 0 saturated carbocycles. The fourth-order valence-corrected chi connectivity index (χ4v) is 2.54. The van der Waals surface area contributed by atoms with Crippen LogP contribution in [0.3, 0.4) is 0 Å². The van der Waals surface area contributed by atoms with Gasteiger partial charge in [0.25, 0.3) is 0 Å². The summed E-state index contributed by atoms with van der Waals surface area (Å²) >= 11 is 0. The van der Waals surface area contributed by atoms with Crippen LogP contribution in [0.2, 0.25) is 0 Å². The lowest BCUT2D eigenvalue weighted by atomic mass is 9.91. The predicted octanol–water partition coefficient (Wildman–Crippen LogP) is 2.77. The number of benzene rings is 1. The van der Waals surface area contributed by atoms with E-state index in [9.17, 15) is 4.39 Å². The van der Waals surface area contributed by atoms with Gasteiger partial charge in [0.2, 0.25) is 0 Å². The van der Waals surface area contributed by atoms with Crippen molar-refractivity contribution in [1.29, 1.82) is 0 Å². The SMILES string of the molecule is Fc1c(C2CCCNC2)ccc2cc[nH]c12. The first kappa shape index (κ1) is 9.85. The molecule has 1 atom stereocenters. The normalized spacial score (nSPS) is 21.4. The van der Waals surface area contributed by atoms with Crippen LogP contribution in [0, 0.1) is 5.82 Å². The Bertz CT molecular complexity index is 498. The van der Waals surface area contributed by atoms with Crippen LogP contribution in [0.15, 0.2) is 24.4 Å². The van der Waals surface area contributed by atoms with Gasteiger partial charge in [-0.25, -0.2) is 4.39 Å². The van der Waals surface area contributed by atoms with Gasteiger partial charge in [0.15, 0.2) is 5.82 Å². The van der Waals surface area contributed by atoms with Gasteiger partial charge in [0.1, 0.15) is 0 Å². The van der Waals surface area contributed by atoms with E-state index in [4.69, 9.17) is 0 Å². The molecular formula is C13H15FN2. The molecule has 2 N–H and O–H groups in total. The number of nitrogens with one attached hydrogen (secondary N) is 2. The Kier molecular flexibility index (Phi) is 2.40. The summed E-state index contributed by atoms with van der Waals surface area (Å²) in [5.74, 6) is 0.248. The Morgan fingerprint density at radius 2 is 2.19 bits per heavy atom. The average Bonchev–Trinajstić information content (AvgIpc) is 2.80. The highest BCUT2D eigenvalue weighted by atomic mass is 19.1. The average molecular weight is 218 g/mol. The van der Waals surface area contributed by atoms with Crippen LogP contribution in [0.4, 0.5) is 4.39 Å². The second-order valence-electron chi connectivity index (χ2n) is 4.45. The van der Waals surface area contributed by atoms with Crippen molar-refractivity contribution in [1.82, 2.24) is 10.3 Å². The minimum Gasteiger partial charge on any atom is -0.359 e. The fraction of sp³-hybridized carbons (Fsp3) is 0.385. The topological polar surface area (TPSA) is 27.8 Å². The van der Waals surface area contributed by atoms with E-state index in [1.807, 2.05) is 18.2 Å². The van der Waals surface area contributed by atoms with Gasteiger partial charge in [-0.1, -0.05) is 12.1 Å². The summed E-state index contributed by atoms with van der Waals surface area (Å²) in [4.78, 5) is 2.97. The molecule has 1 aromatic carbocycles. The van der Waals surface area contributed by atoms with Gasteiger partial charge in [-0.15, -0.1) is 0 Å². The zero-order valence-corrected chi connectivity index (χ0v) is 9.09. The molecule has 1 unspecified atom stereocenters. The van der Waals surface area contributed by atoms with E-state index in [1.165, 1.54) is 0 Å². The number of aromatic nitrogens is 1. The molecule has 1 aliphatic heterocycles. The van der Waals surface area contributed by atoms with Crippen LogP contribution in [0.1, 0.15) is 24.3 Å². The molecule has 0 amide bonds. The van der Waals surface area contributed by atoms with Crippen molar-refractivity contribution in [3.05, 3.63) is 35.8 Å². The van der Waals surface area contributed by atoms with E-state index in [0.717, 1.165) is 36.9 Å². The highest BCUT2D eigenvalue weighted by Gasteiger charge is 2.19. The van der Waals surface area contributed by atoms with Crippen LogP contribution in [0.5, 0.6) is 0 Å². The van der Waals surface area contributed by atoms with Crippen LogP contribution in [0.25, 0.3) is 10.9 Å². The maximum atomic E-state index is 14.2. The van der Waals surface area contributed by atoms with Crippen molar-refractivity contribution < 1.29 is 4.39 Å². The summed E-state index contributed by atoms with van der Waals surface area (Å²) in [6.45, 7) is 1.95. The lowest BCUT2D eigenvalue weighted by molar-refractivity contribution is 0.448. The van der Waals surface area contributed by atoms with Gasteiger partial charge in [-0.3, -0.25) is 0 Å². The van der Waals surface area contributed by atoms with Gasteiger partial charge >= 0.3 is 0 Å². The molecular weight excluding hydrogens is 203 g/mol. The number of H-pyrrole nitrogens is 1. The largest absolute Gasteiger partial charge is 0.359 e. The molecule has 2 aromatic rings. The monoisotopic (exact) mass is 218 g/mol. The van der Waals surface area contributed by atoms with E-state index < -0.39 is 0 Å². The Balaban J connectivity index is 2.05. The number of hydrogen-bond acceptors (Lipinski definition) is 1. The van der Waals surface area contributed by atoms with Crippen molar-refractivity contribution in [2.75, 3.05) is 13.1 Å². The third-order valence-electron chi connectivity index (χ3n) is 3.43. The number of halogens is 1. The molecule has 1 aliphatic rings. The molecule has 0 bridgehead atoms. The maximum absolute atomic E-state index is 14.2. The molecule has 1 saturated heterocycles. The first-order valence-electron chi connectivity index (χ1n) is 5.82. The minimum atomic E-state index is -0.0730. The van der Waals surface area contributed by atoms with Gasteiger partial charge in [0, 0.05) is 18.1 Å². The summed E-state index contributed by atoms with van der Waals surface area (Å²) in [6.07, 6.45) is 4.00. The van der Waals surface area contributed by atoms with E-state index in [1.54, 1.807) is 6.20 Å². The summed E-state index contributed by atoms with van der Waals surface area (Å²) in [6, 6.07) is 5.84. The molecule has 0 radical (unpaired) electrons. The van der Waals surface area contributed by atoms with Crippen LogP contribution in [-0.2, 0) is 0 Å². The maximum Gasteiger partial charge on any atom is 0.150 e. The molecule has 0 aliphatic carbocycles. The van der Waals surface area contributed by atoms with E-state index in [-0.39, 0.29) is 5.82 Å².